The van der Waals surface area contributed by atoms with Gasteiger partial charge in [-0.2, -0.15) is 0 Å². The van der Waals surface area contributed by atoms with E-state index in [-0.39, 0.29) is 32.3 Å². The Kier molecular flexibility index (Phi) is 39.4. The van der Waals surface area contributed by atoms with Crippen LogP contribution in [-0.2, 0) is 23.4 Å². The molecule has 0 amide bonds. The lowest BCUT2D eigenvalue weighted by molar-refractivity contribution is -0.149. The lowest BCUT2D eigenvalue weighted by atomic mass is 10.0. The maximum absolute atomic E-state index is 12.4. The molecule has 0 fully saturated rings. The van der Waals surface area contributed by atoms with Crippen molar-refractivity contribution in [1.29, 1.82) is 0 Å². The van der Waals surface area contributed by atoms with Gasteiger partial charge in [-0.3, -0.25) is 9.32 Å². The fraction of sp³-hybridized carbons (Fsp3) is 0.791. The zero-order valence-corrected chi connectivity index (χ0v) is 34.4. The average Bonchev–Trinajstić information content (AvgIpc) is 3.14. The Hall–Kier alpha value is -1.54. The molecule has 1 unspecified atom stereocenters. The van der Waals surface area contributed by atoms with Crippen LogP contribution in [0.15, 0.2) is 48.6 Å². The van der Waals surface area contributed by atoms with Crippen molar-refractivity contribution in [1.82, 2.24) is 5.09 Å². The second-order valence-corrected chi connectivity index (χ2v) is 15.5. The minimum atomic E-state index is -4.09. The molecule has 0 spiro atoms. The second-order valence-electron chi connectivity index (χ2n) is 13.9. The molecular formula is C43H80NO7P. The van der Waals surface area contributed by atoms with Crippen molar-refractivity contribution >= 4 is 13.7 Å². The number of nitrogens with one attached hydrogen (secondary N) is 1. The third-order valence-corrected chi connectivity index (χ3v) is 9.97. The summed E-state index contributed by atoms with van der Waals surface area (Å²) in [6, 6.07) is 0. The Morgan fingerprint density at radius 3 is 1.56 bits per heavy atom. The first kappa shape index (κ1) is 50.5. The maximum Gasteiger partial charge on any atom is 0.403 e. The number of hydrogen-bond acceptors (Lipinski definition) is 6. The van der Waals surface area contributed by atoms with E-state index in [1.54, 1.807) is 0 Å². The van der Waals surface area contributed by atoms with Crippen molar-refractivity contribution in [3.8, 4) is 0 Å². The highest BCUT2D eigenvalue weighted by Crippen LogP contribution is 2.36. The predicted octanol–water partition coefficient (Wildman–Crippen LogP) is 12.0. The number of carbonyl (C=O) groups is 1. The summed E-state index contributed by atoms with van der Waals surface area (Å²) in [4.78, 5) is 22.3. The summed E-state index contributed by atoms with van der Waals surface area (Å²) in [7, 11) is -4.09. The predicted molar refractivity (Wildman–Crippen MR) is 220 cm³/mol. The summed E-state index contributed by atoms with van der Waals surface area (Å²) < 4.78 is 28.7. The molecule has 0 aromatic heterocycles. The molecule has 2 atom stereocenters. The standard InChI is InChI=1S/C43H80NO7P/c1-3-5-7-9-11-13-15-17-19-20-21-23-25-27-29-31-33-35-39-49-42(41-51-52(47,48)44-37-38-45)40-50-43(46)36-34-32-30-28-26-24-22-18-16-14-12-10-8-6-4-2/h11,13,17,19,21,23,27,29,42,45H,3-10,12,14-16,18,20,22,24-26,28,30-41H2,1-2H3,(H2,44,47,48)/t42-/m1/s1. The summed E-state index contributed by atoms with van der Waals surface area (Å²) >= 11 is 0. The molecule has 0 heterocycles. The molecule has 0 aromatic carbocycles. The first-order valence-corrected chi connectivity index (χ1v) is 22.7. The van der Waals surface area contributed by atoms with Crippen LogP contribution < -0.4 is 5.09 Å². The van der Waals surface area contributed by atoms with Crippen LogP contribution in [0.1, 0.15) is 181 Å². The van der Waals surface area contributed by atoms with E-state index in [4.69, 9.17) is 19.1 Å². The van der Waals surface area contributed by atoms with Crippen molar-refractivity contribution < 1.29 is 33.4 Å². The lowest BCUT2D eigenvalue weighted by Crippen LogP contribution is -2.28. The molecule has 0 aliphatic heterocycles. The number of rotatable bonds is 40. The number of unbranched alkanes of at least 4 members (excludes halogenated alkanes) is 19. The van der Waals surface area contributed by atoms with Crippen molar-refractivity contribution in [2.24, 2.45) is 0 Å². The van der Waals surface area contributed by atoms with Gasteiger partial charge >= 0.3 is 13.7 Å². The Morgan fingerprint density at radius 1 is 0.615 bits per heavy atom. The quantitative estimate of drug-likeness (QED) is 0.0245. The highest BCUT2D eigenvalue weighted by molar-refractivity contribution is 7.50. The van der Waals surface area contributed by atoms with Crippen LogP contribution in [0.5, 0.6) is 0 Å². The van der Waals surface area contributed by atoms with Gasteiger partial charge in [0.1, 0.15) is 12.7 Å². The van der Waals surface area contributed by atoms with E-state index < -0.39 is 13.9 Å². The van der Waals surface area contributed by atoms with Crippen LogP contribution in [0, 0.1) is 0 Å². The number of allylic oxidation sites excluding steroid dienone is 8. The number of aliphatic hydroxyl groups excluding tert-OH is 1. The molecule has 52 heavy (non-hydrogen) atoms. The summed E-state index contributed by atoms with van der Waals surface area (Å²) in [5.41, 5.74) is 0. The first-order chi connectivity index (χ1) is 25.4. The van der Waals surface area contributed by atoms with Gasteiger partial charge < -0.3 is 19.5 Å². The molecular weight excluding hydrogens is 673 g/mol. The van der Waals surface area contributed by atoms with Crippen LogP contribution in [-0.4, -0.2) is 55.0 Å². The largest absolute Gasteiger partial charge is 0.463 e. The van der Waals surface area contributed by atoms with Gasteiger partial charge in [-0.1, -0.05) is 165 Å². The number of carbonyl (C=O) groups excluding carboxylic acids is 1. The Morgan fingerprint density at radius 2 is 1.06 bits per heavy atom. The summed E-state index contributed by atoms with van der Waals surface area (Å²) in [6.45, 7) is 4.34. The summed E-state index contributed by atoms with van der Waals surface area (Å²) in [5, 5.41) is 11.2. The van der Waals surface area contributed by atoms with Crippen molar-refractivity contribution in [2.75, 3.05) is 33.0 Å². The van der Waals surface area contributed by atoms with E-state index >= 15 is 0 Å². The van der Waals surface area contributed by atoms with Crippen LogP contribution in [0.3, 0.4) is 0 Å². The van der Waals surface area contributed by atoms with Gasteiger partial charge in [0.25, 0.3) is 0 Å². The Bertz CT molecular complexity index is 936. The van der Waals surface area contributed by atoms with E-state index in [1.807, 2.05) is 0 Å². The van der Waals surface area contributed by atoms with Gasteiger partial charge in [-0.25, -0.2) is 9.65 Å². The molecule has 8 nitrogen and oxygen atoms in total. The highest BCUT2D eigenvalue weighted by atomic mass is 31.2. The molecule has 0 aliphatic rings. The normalized spacial score (nSPS) is 14.0. The van der Waals surface area contributed by atoms with E-state index in [1.165, 1.54) is 103 Å². The molecule has 0 aliphatic carbocycles. The molecule has 0 radical (unpaired) electrons. The van der Waals surface area contributed by atoms with Gasteiger partial charge in [-0.15, -0.1) is 0 Å². The second kappa shape index (κ2) is 40.6. The summed E-state index contributed by atoms with van der Waals surface area (Å²) in [5.74, 6) is -0.283. The fourth-order valence-corrected chi connectivity index (χ4v) is 6.48. The number of aliphatic hydroxyl groups is 1. The van der Waals surface area contributed by atoms with Crippen molar-refractivity contribution in [3.05, 3.63) is 48.6 Å². The SMILES string of the molecule is CCCCCC=CCC=CCC=CCC=CCCCCO[C@H](COC(=O)CCCCCCCCCCCCCCCCC)COP(=O)(O)NCCO. The average molecular weight is 754 g/mol. The minimum absolute atomic E-state index is 0.0330. The van der Waals surface area contributed by atoms with E-state index in [2.05, 4.69) is 67.5 Å². The topological polar surface area (TPSA) is 114 Å². The zero-order valence-electron chi connectivity index (χ0n) is 33.5. The third kappa shape index (κ3) is 39.7. The molecule has 0 rings (SSSR count). The van der Waals surface area contributed by atoms with Crippen LogP contribution in [0.2, 0.25) is 0 Å². The van der Waals surface area contributed by atoms with Gasteiger partial charge in [0, 0.05) is 19.6 Å². The van der Waals surface area contributed by atoms with Gasteiger partial charge in [0.05, 0.1) is 13.2 Å². The number of hydrogen-bond donors (Lipinski definition) is 3. The number of esters is 1. The Balaban J connectivity index is 4.13. The van der Waals surface area contributed by atoms with Gasteiger partial charge in [0.2, 0.25) is 0 Å². The smallest absolute Gasteiger partial charge is 0.403 e. The molecule has 304 valence electrons. The van der Waals surface area contributed by atoms with Crippen molar-refractivity contribution in [2.45, 2.75) is 187 Å². The van der Waals surface area contributed by atoms with Crippen molar-refractivity contribution in [3.63, 3.8) is 0 Å². The lowest BCUT2D eigenvalue weighted by Gasteiger charge is -2.20. The molecule has 0 saturated carbocycles. The summed E-state index contributed by atoms with van der Waals surface area (Å²) in [6.07, 6.45) is 47.1. The number of ether oxygens (including phenoxy) is 2. The first-order valence-electron chi connectivity index (χ1n) is 21.2. The van der Waals surface area contributed by atoms with Gasteiger partial charge in [0.15, 0.2) is 0 Å². The highest BCUT2D eigenvalue weighted by Gasteiger charge is 2.22. The Labute approximate surface area is 319 Å². The molecule has 0 bridgehead atoms. The van der Waals surface area contributed by atoms with E-state index in [9.17, 15) is 14.3 Å². The van der Waals surface area contributed by atoms with Crippen LogP contribution >= 0.6 is 7.75 Å². The zero-order chi connectivity index (χ0) is 38.1. The molecule has 9 heteroatoms. The van der Waals surface area contributed by atoms with E-state index in [0.717, 1.165) is 57.8 Å². The third-order valence-electron chi connectivity index (χ3n) is 8.85. The fourth-order valence-electron chi connectivity index (χ4n) is 5.64. The maximum atomic E-state index is 12.4. The van der Waals surface area contributed by atoms with Gasteiger partial charge in [-0.05, 0) is 57.8 Å². The molecule has 3 N–H and O–H groups in total. The molecule has 0 aromatic rings. The van der Waals surface area contributed by atoms with E-state index in [0.29, 0.717) is 13.0 Å². The molecule has 0 saturated heterocycles. The van der Waals surface area contributed by atoms with Crippen LogP contribution in [0.25, 0.3) is 0 Å². The minimum Gasteiger partial charge on any atom is -0.463 e. The monoisotopic (exact) mass is 754 g/mol. The van der Waals surface area contributed by atoms with Crippen LogP contribution in [0.4, 0.5) is 0 Å².